The van der Waals surface area contributed by atoms with Gasteiger partial charge in [-0.1, -0.05) is 44.6 Å². The zero-order valence-corrected chi connectivity index (χ0v) is 13.9. The number of nitrogens with two attached hydrogens (primary N) is 1. The molecule has 1 fully saturated rings. The van der Waals surface area contributed by atoms with Crippen molar-refractivity contribution in [3.63, 3.8) is 0 Å². The Balaban J connectivity index is 1.79. The summed E-state index contributed by atoms with van der Waals surface area (Å²) < 4.78 is 5.87. The fraction of sp³-hybridized carbons (Fsp3) is 0.588. The predicted octanol–water partition coefficient (Wildman–Crippen LogP) is 3.21. The van der Waals surface area contributed by atoms with Gasteiger partial charge in [-0.25, -0.2) is 0 Å². The number of ether oxygens (including phenoxy) is 1. The van der Waals surface area contributed by atoms with E-state index in [4.69, 9.17) is 22.7 Å². The van der Waals surface area contributed by atoms with Gasteiger partial charge >= 0.3 is 0 Å². The number of hydrogen-bond donors (Lipinski definition) is 1. The van der Waals surface area contributed by atoms with Crippen molar-refractivity contribution in [2.24, 2.45) is 11.1 Å². The molecule has 0 amide bonds. The van der Waals surface area contributed by atoms with E-state index in [-0.39, 0.29) is 0 Å². The molecule has 2 rings (SSSR count). The lowest BCUT2D eigenvalue weighted by Gasteiger charge is -2.38. The van der Waals surface area contributed by atoms with Crippen molar-refractivity contribution in [1.82, 2.24) is 4.90 Å². The summed E-state index contributed by atoms with van der Waals surface area (Å²) >= 11 is 5.05. The Labute approximate surface area is 133 Å². The van der Waals surface area contributed by atoms with Gasteiger partial charge in [0.25, 0.3) is 0 Å². The van der Waals surface area contributed by atoms with Crippen LogP contribution in [0.25, 0.3) is 0 Å². The second-order valence-electron chi connectivity index (χ2n) is 6.21. The highest BCUT2D eigenvalue weighted by molar-refractivity contribution is 7.80. The number of hydrogen-bond acceptors (Lipinski definition) is 3. The van der Waals surface area contributed by atoms with Crippen molar-refractivity contribution >= 4 is 17.2 Å². The van der Waals surface area contributed by atoms with Gasteiger partial charge in [0.15, 0.2) is 0 Å². The average Bonchev–Trinajstić information content (AvgIpc) is 2.50. The molecule has 0 spiro atoms. The summed E-state index contributed by atoms with van der Waals surface area (Å²) in [6.45, 7) is 8.69. The number of benzene rings is 1. The van der Waals surface area contributed by atoms with Crippen LogP contribution in [0.1, 0.15) is 38.7 Å². The van der Waals surface area contributed by atoms with E-state index in [1.54, 1.807) is 0 Å². The number of rotatable bonds is 6. The van der Waals surface area contributed by atoms with Gasteiger partial charge in [-0.3, -0.25) is 4.90 Å². The van der Waals surface area contributed by atoms with Gasteiger partial charge in [0.2, 0.25) is 0 Å². The van der Waals surface area contributed by atoms with Gasteiger partial charge < -0.3 is 10.5 Å². The van der Waals surface area contributed by atoms with Crippen molar-refractivity contribution in [2.45, 2.75) is 33.1 Å². The third-order valence-electron chi connectivity index (χ3n) is 4.73. The van der Waals surface area contributed by atoms with Crippen LogP contribution in [0.2, 0.25) is 0 Å². The smallest absolute Gasteiger partial charge is 0.129 e. The maximum Gasteiger partial charge on any atom is 0.129 e. The van der Waals surface area contributed by atoms with Crippen LogP contribution >= 0.6 is 12.2 Å². The molecule has 0 bridgehead atoms. The van der Waals surface area contributed by atoms with E-state index in [0.29, 0.717) is 17.0 Å². The summed E-state index contributed by atoms with van der Waals surface area (Å²) in [5.41, 5.74) is 7.08. The minimum Gasteiger partial charge on any atom is -0.492 e. The average molecular weight is 306 g/mol. The van der Waals surface area contributed by atoms with Crippen LogP contribution in [-0.2, 0) is 0 Å². The van der Waals surface area contributed by atoms with Gasteiger partial charge in [0.05, 0.1) is 5.56 Å². The topological polar surface area (TPSA) is 38.5 Å². The highest BCUT2D eigenvalue weighted by Crippen LogP contribution is 2.33. The SMILES string of the molecule is CCC1(C)CCN(CCOc2ccccc2C(N)=S)CC1. The monoisotopic (exact) mass is 306 g/mol. The van der Waals surface area contributed by atoms with Crippen LogP contribution in [0.3, 0.4) is 0 Å². The van der Waals surface area contributed by atoms with Crippen LogP contribution in [-0.4, -0.2) is 36.1 Å². The van der Waals surface area contributed by atoms with Crippen LogP contribution in [0.4, 0.5) is 0 Å². The number of para-hydroxylation sites is 1. The molecule has 0 aromatic heterocycles. The zero-order chi connectivity index (χ0) is 15.3. The molecule has 1 aromatic carbocycles. The summed E-state index contributed by atoms with van der Waals surface area (Å²) in [6.07, 6.45) is 3.85. The summed E-state index contributed by atoms with van der Waals surface area (Å²) in [6, 6.07) is 7.71. The first-order valence-corrected chi connectivity index (χ1v) is 8.19. The molecule has 1 aliphatic rings. The van der Waals surface area contributed by atoms with E-state index in [1.807, 2.05) is 24.3 Å². The first-order chi connectivity index (χ1) is 10.0. The second kappa shape index (κ2) is 7.23. The van der Waals surface area contributed by atoms with E-state index in [1.165, 1.54) is 32.4 Å². The number of thiocarbonyl (C=S) groups is 1. The van der Waals surface area contributed by atoms with Crippen molar-refractivity contribution in [3.8, 4) is 5.75 Å². The normalized spacial score (nSPS) is 18.4. The van der Waals surface area contributed by atoms with Crippen molar-refractivity contribution in [2.75, 3.05) is 26.2 Å². The van der Waals surface area contributed by atoms with Crippen molar-refractivity contribution < 1.29 is 4.74 Å². The van der Waals surface area contributed by atoms with Crippen LogP contribution in [0.5, 0.6) is 5.75 Å². The van der Waals surface area contributed by atoms with E-state index in [2.05, 4.69) is 18.7 Å². The molecular formula is C17H26N2OS. The quantitative estimate of drug-likeness (QED) is 0.819. The van der Waals surface area contributed by atoms with Crippen molar-refractivity contribution in [3.05, 3.63) is 29.8 Å². The Morgan fingerprint density at radius 2 is 2.00 bits per heavy atom. The maximum atomic E-state index is 5.87. The van der Waals surface area contributed by atoms with Gasteiger partial charge in [-0.2, -0.15) is 0 Å². The molecule has 0 saturated carbocycles. The fourth-order valence-electron chi connectivity index (χ4n) is 2.75. The molecule has 21 heavy (non-hydrogen) atoms. The summed E-state index contributed by atoms with van der Waals surface area (Å²) in [4.78, 5) is 2.88. The number of likely N-dealkylation sites (tertiary alicyclic amines) is 1. The molecular weight excluding hydrogens is 280 g/mol. The Hall–Kier alpha value is -1.13. The highest BCUT2D eigenvalue weighted by Gasteiger charge is 2.27. The Morgan fingerprint density at radius 3 is 2.62 bits per heavy atom. The molecule has 2 N–H and O–H groups in total. The summed E-state index contributed by atoms with van der Waals surface area (Å²) in [7, 11) is 0. The first kappa shape index (κ1) is 16.2. The van der Waals surface area contributed by atoms with Crippen LogP contribution in [0.15, 0.2) is 24.3 Å². The maximum absolute atomic E-state index is 5.87. The minimum atomic E-state index is 0.391. The minimum absolute atomic E-state index is 0.391. The molecule has 3 nitrogen and oxygen atoms in total. The third kappa shape index (κ3) is 4.42. The number of piperidine rings is 1. The van der Waals surface area contributed by atoms with Crippen molar-refractivity contribution in [1.29, 1.82) is 0 Å². The van der Waals surface area contributed by atoms with Gasteiger partial charge in [0.1, 0.15) is 17.3 Å². The molecule has 116 valence electrons. The van der Waals surface area contributed by atoms with E-state index in [9.17, 15) is 0 Å². The molecule has 1 aliphatic heterocycles. The Bertz CT molecular complexity index is 481. The standard InChI is InChI=1S/C17H26N2OS/c1-3-17(2)8-10-19(11-9-17)12-13-20-15-7-5-4-6-14(15)16(18)21/h4-7H,3,8-13H2,1-2H3,(H2,18,21). The molecule has 0 atom stereocenters. The predicted molar refractivity (Wildman–Crippen MR) is 91.9 cm³/mol. The molecule has 0 radical (unpaired) electrons. The lowest BCUT2D eigenvalue weighted by atomic mass is 9.78. The van der Waals surface area contributed by atoms with Crippen LogP contribution in [0, 0.1) is 5.41 Å². The highest BCUT2D eigenvalue weighted by atomic mass is 32.1. The van der Waals surface area contributed by atoms with Gasteiger partial charge in [0, 0.05) is 6.54 Å². The van der Waals surface area contributed by atoms with E-state index < -0.39 is 0 Å². The lowest BCUT2D eigenvalue weighted by molar-refractivity contribution is 0.101. The molecule has 1 aromatic rings. The summed E-state index contributed by atoms with van der Waals surface area (Å²) in [5.74, 6) is 0.792. The number of nitrogens with zero attached hydrogens (tertiary/aromatic N) is 1. The molecule has 1 heterocycles. The molecule has 1 saturated heterocycles. The van der Waals surface area contributed by atoms with Crippen LogP contribution < -0.4 is 10.5 Å². The van der Waals surface area contributed by atoms with E-state index >= 15 is 0 Å². The van der Waals surface area contributed by atoms with E-state index in [0.717, 1.165) is 17.9 Å². The first-order valence-electron chi connectivity index (χ1n) is 7.78. The summed E-state index contributed by atoms with van der Waals surface area (Å²) in [5, 5.41) is 0. The molecule has 4 heteroatoms. The molecule has 0 unspecified atom stereocenters. The zero-order valence-electron chi connectivity index (χ0n) is 13.1. The molecule has 0 aliphatic carbocycles. The van der Waals surface area contributed by atoms with Gasteiger partial charge in [-0.15, -0.1) is 0 Å². The Morgan fingerprint density at radius 1 is 1.33 bits per heavy atom. The third-order valence-corrected chi connectivity index (χ3v) is 4.95. The second-order valence-corrected chi connectivity index (χ2v) is 6.65. The Kier molecular flexibility index (Phi) is 5.59. The van der Waals surface area contributed by atoms with Gasteiger partial charge in [-0.05, 0) is 43.5 Å². The lowest BCUT2D eigenvalue weighted by Crippen LogP contribution is -2.40. The largest absolute Gasteiger partial charge is 0.492 e. The fourth-order valence-corrected chi connectivity index (χ4v) is 2.92.